The van der Waals surface area contributed by atoms with E-state index in [4.69, 9.17) is 0 Å². The molecule has 0 unspecified atom stereocenters. The van der Waals surface area contributed by atoms with Crippen molar-refractivity contribution >= 4 is 35.0 Å². The molecule has 0 heterocycles. The van der Waals surface area contributed by atoms with Crippen LogP contribution >= 0.6 is 0 Å². The van der Waals surface area contributed by atoms with Crippen molar-refractivity contribution in [1.82, 2.24) is 0 Å². The average Bonchev–Trinajstić information content (AvgIpc) is 2.56. The maximum atomic E-state index is 13.5. The third kappa shape index (κ3) is 5.24. The van der Waals surface area contributed by atoms with Crippen molar-refractivity contribution in [3.63, 3.8) is 0 Å². The van der Waals surface area contributed by atoms with Crippen molar-refractivity contribution in [1.29, 1.82) is 0 Å². The second-order valence-corrected chi connectivity index (χ2v) is 5.05. The van der Waals surface area contributed by atoms with Crippen LogP contribution in [0.15, 0.2) is 48.5 Å². The maximum absolute atomic E-state index is 13.5. The Morgan fingerprint density at radius 1 is 1.12 bits per heavy atom. The summed E-state index contributed by atoms with van der Waals surface area (Å²) < 4.78 is 13.5. The number of nitro groups is 1. The molecule has 0 aliphatic carbocycles. The highest BCUT2D eigenvalue weighted by atomic mass is 19.1. The van der Waals surface area contributed by atoms with Gasteiger partial charge in [0.05, 0.1) is 10.6 Å². The summed E-state index contributed by atoms with van der Waals surface area (Å²) in [6.45, 7) is 1.25. The number of hydrogen-bond acceptors (Lipinski definition) is 4. The summed E-state index contributed by atoms with van der Waals surface area (Å²) in [5.74, 6) is -1.52. The van der Waals surface area contributed by atoms with Crippen LogP contribution in [-0.4, -0.2) is 16.7 Å². The monoisotopic (exact) mass is 343 g/mol. The molecule has 0 spiro atoms. The maximum Gasteiger partial charge on any atom is 0.269 e. The Morgan fingerprint density at radius 2 is 1.80 bits per heavy atom. The molecule has 0 aliphatic rings. The first-order valence-electron chi connectivity index (χ1n) is 7.16. The number of nitrogens with zero attached hydrogens (tertiary/aromatic N) is 1. The zero-order chi connectivity index (χ0) is 18.4. The first-order valence-corrected chi connectivity index (χ1v) is 7.16. The zero-order valence-corrected chi connectivity index (χ0v) is 13.2. The van der Waals surface area contributed by atoms with Crippen LogP contribution < -0.4 is 10.6 Å². The Labute approximate surface area is 142 Å². The highest BCUT2D eigenvalue weighted by Crippen LogP contribution is 2.20. The van der Waals surface area contributed by atoms with Gasteiger partial charge in [0.1, 0.15) is 5.82 Å². The molecular weight excluding hydrogens is 329 g/mol. The van der Waals surface area contributed by atoms with Gasteiger partial charge in [-0.05, 0) is 42.0 Å². The smallest absolute Gasteiger partial charge is 0.269 e. The Kier molecular flexibility index (Phi) is 5.57. The molecule has 128 valence electrons. The summed E-state index contributed by atoms with van der Waals surface area (Å²) in [5.41, 5.74) is 0.838. The standard InChI is InChI=1S/C17H14FN3O4/c1-11(22)19-16-10-13(5-8-15(16)18)20-17(23)9-4-12-2-6-14(7-3-12)21(24)25/h2-10H,1H3,(H,19,22)(H,20,23)/b9-4+. The lowest BCUT2D eigenvalue weighted by molar-refractivity contribution is -0.384. The summed E-state index contributed by atoms with van der Waals surface area (Å²) >= 11 is 0. The molecular formula is C17H14FN3O4. The fourth-order valence-corrected chi connectivity index (χ4v) is 1.95. The van der Waals surface area contributed by atoms with Gasteiger partial charge >= 0.3 is 0 Å². The lowest BCUT2D eigenvalue weighted by Gasteiger charge is -2.07. The van der Waals surface area contributed by atoms with E-state index in [0.717, 1.165) is 6.07 Å². The minimum absolute atomic E-state index is 0.0374. The number of carbonyl (C=O) groups excluding carboxylic acids is 2. The topological polar surface area (TPSA) is 101 Å². The number of anilines is 2. The van der Waals surface area contributed by atoms with Gasteiger partial charge in [0, 0.05) is 30.8 Å². The molecule has 2 amide bonds. The van der Waals surface area contributed by atoms with Crippen molar-refractivity contribution in [3.05, 3.63) is 70.0 Å². The van der Waals surface area contributed by atoms with Crippen LogP contribution in [0.3, 0.4) is 0 Å². The van der Waals surface area contributed by atoms with E-state index < -0.39 is 22.6 Å². The molecule has 2 N–H and O–H groups in total. The number of rotatable bonds is 5. The fourth-order valence-electron chi connectivity index (χ4n) is 1.95. The highest BCUT2D eigenvalue weighted by Gasteiger charge is 2.07. The van der Waals surface area contributed by atoms with Gasteiger partial charge < -0.3 is 10.6 Å². The molecule has 0 radical (unpaired) electrons. The molecule has 0 bridgehead atoms. The lowest BCUT2D eigenvalue weighted by atomic mass is 10.2. The molecule has 0 atom stereocenters. The second kappa shape index (κ2) is 7.82. The molecule has 0 aromatic heterocycles. The highest BCUT2D eigenvalue weighted by molar-refractivity contribution is 6.02. The molecule has 25 heavy (non-hydrogen) atoms. The number of hydrogen-bond donors (Lipinski definition) is 2. The Morgan fingerprint density at radius 3 is 2.40 bits per heavy atom. The first-order chi connectivity index (χ1) is 11.8. The van der Waals surface area contributed by atoms with Gasteiger partial charge in [-0.1, -0.05) is 0 Å². The van der Waals surface area contributed by atoms with Crippen LogP contribution in [0.2, 0.25) is 0 Å². The SMILES string of the molecule is CC(=O)Nc1cc(NC(=O)/C=C/c2ccc([N+](=O)[O-])cc2)ccc1F. The Balaban J connectivity index is 2.04. The number of non-ortho nitro benzene ring substituents is 1. The summed E-state index contributed by atoms with van der Waals surface area (Å²) in [7, 11) is 0. The van der Waals surface area contributed by atoms with E-state index in [1.165, 1.54) is 55.5 Å². The fraction of sp³-hybridized carbons (Fsp3) is 0.0588. The average molecular weight is 343 g/mol. The van der Waals surface area contributed by atoms with E-state index in [9.17, 15) is 24.1 Å². The normalized spacial score (nSPS) is 10.5. The van der Waals surface area contributed by atoms with Crippen LogP contribution in [0.25, 0.3) is 6.08 Å². The number of halogens is 1. The van der Waals surface area contributed by atoms with Crippen LogP contribution in [0, 0.1) is 15.9 Å². The molecule has 7 nitrogen and oxygen atoms in total. The summed E-state index contributed by atoms with van der Waals surface area (Å²) in [4.78, 5) is 33.0. The molecule has 2 aromatic rings. The van der Waals surface area contributed by atoms with E-state index in [0.29, 0.717) is 11.3 Å². The predicted octanol–water partition coefficient (Wildman–Crippen LogP) is 3.34. The van der Waals surface area contributed by atoms with Crippen LogP contribution in [0.1, 0.15) is 12.5 Å². The molecule has 0 saturated carbocycles. The van der Waals surface area contributed by atoms with Gasteiger partial charge in [0.2, 0.25) is 11.8 Å². The van der Waals surface area contributed by atoms with Crippen molar-refractivity contribution in [2.45, 2.75) is 6.92 Å². The lowest BCUT2D eigenvalue weighted by Crippen LogP contribution is -2.10. The minimum atomic E-state index is -0.616. The minimum Gasteiger partial charge on any atom is -0.324 e. The van der Waals surface area contributed by atoms with Crippen LogP contribution in [0.4, 0.5) is 21.5 Å². The van der Waals surface area contributed by atoms with Gasteiger partial charge in [-0.15, -0.1) is 0 Å². The van der Waals surface area contributed by atoms with Crippen LogP contribution in [-0.2, 0) is 9.59 Å². The van der Waals surface area contributed by atoms with Crippen molar-refractivity contribution in [2.24, 2.45) is 0 Å². The van der Waals surface area contributed by atoms with Gasteiger partial charge in [-0.3, -0.25) is 19.7 Å². The van der Waals surface area contributed by atoms with E-state index in [1.807, 2.05) is 0 Å². The number of carbonyl (C=O) groups is 2. The van der Waals surface area contributed by atoms with E-state index in [2.05, 4.69) is 10.6 Å². The number of amides is 2. The Bertz CT molecular complexity index is 847. The number of benzene rings is 2. The number of nitrogens with one attached hydrogen (secondary N) is 2. The second-order valence-electron chi connectivity index (χ2n) is 5.05. The molecule has 0 fully saturated rings. The van der Waals surface area contributed by atoms with E-state index in [-0.39, 0.29) is 11.4 Å². The van der Waals surface area contributed by atoms with Crippen molar-refractivity contribution in [2.75, 3.05) is 10.6 Å². The van der Waals surface area contributed by atoms with Gasteiger partial charge in [0.15, 0.2) is 0 Å². The third-order valence-corrected chi connectivity index (χ3v) is 3.08. The summed E-state index contributed by atoms with van der Waals surface area (Å²) in [6.07, 6.45) is 2.72. The van der Waals surface area contributed by atoms with Gasteiger partial charge in [-0.25, -0.2) is 4.39 Å². The molecule has 8 heteroatoms. The predicted molar refractivity (Wildman–Crippen MR) is 91.5 cm³/mol. The van der Waals surface area contributed by atoms with Gasteiger partial charge in [0.25, 0.3) is 5.69 Å². The third-order valence-electron chi connectivity index (χ3n) is 3.08. The molecule has 0 aliphatic heterocycles. The van der Waals surface area contributed by atoms with E-state index in [1.54, 1.807) is 0 Å². The van der Waals surface area contributed by atoms with Crippen LogP contribution in [0.5, 0.6) is 0 Å². The molecule has 2 rings (SSSR count). The molecule has 2 aromatic carbocycles. The first kappa shape index (κ1) is 17.8. The summed E-state index contributed by atoms with van der Waals surface area (Å²) in [5, 5.41) is 15.4. The van der Waals surface area contributed by atoms with Crippen molar-refractivity contribution in [3.8, 4) is 0 Å². The summed E-state index contributed by atoms with van der Waals surface area (Å²) in [6, 6.07) is 9.46. The quantitative estimate of drug-likeness (QED) is 0.494. The van der Waals surface area contributed by atoms with Crippen molar-refractivity contribution < 1.29 is 18.9 Å². The largest absolute Gasteiger partial charge is 0.324 e. The van der Waals surface area contributed by atoms with Gasteiger partial charge in [-0.2, -0.15) is 0 Å². The zero-order valence-electron chi connectivity index (χ0n) is 13.2. The molecule has 0 saturated heterocycles. The van der Waals surface area contributed by atoms with E-state index >= 15 is 0 Å². The Hall–Kier alpha value is -3.55. The number of nitro benzene ring substituents is 1.